The molecule has 2 saturated heterocycles. The fourth-order valence-corrected chi connectivity index (χ4v) is 7.15. The molecule has 2 aliphatic heterocycles. The number of rotatable bonds is 6. The maximum absolute atomic E-state index is 17.0. The quantitative estimate of drug-likeness (QED) is 0.171. The van der Waals surface area contributed by atoms with Crippen LogP contribution in [0.15, 0.2) is 61.7 Å². The van der Waals surface area contributed by atoms with Gasteiger partial charge in [0.25, 0.3) is 0 Å². The Bertz CT molecular complexity index is 2020. The molecule has 3 aromatic heterocycles. The standard InChI is InChI=1S/C34H32ClFN8O/c1-5-28(45)43-12-10-21(13-22(43)16-37-2)44-19-39-32-33(44)26-14-27(35)29(25-8-6-7-20-15-38-11-9-24(20)25)30(36)31(26)40-34(32)42-17-23(18-42)41(3)4/h5-9,11,14-15,19,21-23H,1,10,12-13,16-18H2,3-4H3/t21-,22-/m0/s1. The van der Waals surface area contributed by atoms with E-state index in [9.17, 15) is 4.79 Å². The van der Waals surface area contributed by atoms with Crippen LogP contribution in [-0.4, -0.2) is 87.6 Å². The van der Waals surface area contributed by atoms with Gasteiger partial charge in [0.1, 0.15) is 17.1 Å². The zero-order chi connectivity index (χ0) is 31.4. The summed E-state index contributed by atoms with van der Waals surface area (Å²) in [5, 5.41) is 2.60. The average Bonchev–Trinajstić information content (AvgIpc) is 3.46. The van der Waals surface area contributed by atoms with Gasteiger partial charge in [-0.05, 0) is 56.1 Å². The molecule has 0 radical (unpaired) electrons. The number of likely N-dealkylation sites (N-methyl/N-ethyl adjacent to an activating group) is 1. The predicted octanol–water partition coefficient (Wildman–Crippen LogP) is 5.98. The third-order valence-electron chi connectivity index (χ3n) is 9.35. The molecule has 0 aliphatic carbocycles. The molecule has 0 bridgehead atoms. The Balaban J connectivity index is 1.43. The second-order valence-corrected chi connectivity index (χ2v) is 12.5. The largest absolute Gasteiger partial charge is 0.351 e. The van der Waals surface area contributed by atoms with Crippen molar-refractivity contribution in [2.24, 2.45) is 0 Å². The van der Waals surface area contributed by atoms with E-state index in [1.165, 1.54) is 6.08 Å². The average molecular weight is 623 g/mol. The maximum Gasteiger partial charge on any atom is 0.246 e. The number of piperidine rings is 1. The van der Waals surface area contributed by atoms with Crippen LogP contribution in [-0.2, 0) is 4.79 Å². The van der Waals surface area contributed by atoms with E-state index in [4.69, 9.17) is 28.1 Å². The molecular formula is C34H32ClFN8O. The van der Waals surface area contributed by atoms with Crippen LogP contribution in [0.1, 0.15) is 18.9 Å². The van der Waals surface area contributed by atoms with Gasteiger partial charge in [-0.25, -0.2) is 20.9 Å². The van der Waals surface area contributed by atoms with E-state index in [-0.39, 0.29) is 35.1 Å². The molecule has 5 heterocycles. The van der Waals surface area contributed by atoms with Gasteiger partial charge < -0.3 is 24.1 Å². The number of nitrogens with zero attached hydrogens (tertiary/aromatic N) is 8. The topological polar surface area (TPSA) is 74.8 Å². The first kappa shape index (κ1) is 29.1. The smallest absolute Gasteiger partial charge is 0.246 e. The normalized spacial score (nSPS) is 18.9. The fraction of sp³-hybridized carbons (Fsp3) is 0.324. The molecule has 9 nitrogen and oxygen atoms in total. The second kappa shape index (κ2) is 11.4. The Morgan fingerprint density at radius 3 is 2.82 bits per heavy atom. The molecule has 228 valence electrons. The molecule has 5 aromatic rings. The zero-order valence-electron chi connectivity index (χ0n) is 25.1. The number of amides is 1. The highest BCUT2D eigenvalue weighted by Crippen LogP contribution is 2.43. The van der Waals surface area contributed by atoms with Gasteiger partial charge in [0.15, 0.2) is 11.6 Å². The third kappa shape index (κ3) is 4.78. The molecule has 0 spiro atoms. The van der Waals surface area contributed by atoms with Crippen LogP contribution in [0.5, 0.6) is 0 Å². The molecule has 1 amide bonds. The van der Waals surface area contributed by atoms with E-state index in [1.54, 1.807) is 29.7 Å². The summed E-state index contributed by atoms with van der Waals surface area (Å²) in [6.45, 7) is 13.3. The van der Waals surface area contributed by atoms with Gasteiger partial charge >= 0.3 is 0 Å². The number of halogens is 2. The number of hydrogen-bond acceptors (Lipinski definition) is 6. The van der Waals surface area contributed by atoms with Crippen molar-refractivity contribution < 1.29 is 9.18 Å². The van der Waals surface area contributed by atoms with Gasteiger partial charge in [-0.1, -0.05) is 36.4 Å². The van der Waals surface area contributed by atoms with E-state index in [2.05, 4.69) is 44.9 Å². The van der Waals surface area contributed by atoms with E-state index < -0.39 is 5.82 Å². The molecule has 2 aliphatic rings. The summed E-state index contributed by atoms with van der Waals surface area (Å²) in [6.07, 6.45) is 7.77. The van der Waals surface area contributed by atoms with Crippen LogP contribution in [0.4, 0.5) is 10.2 Å². The minimum atomic E-state index is -0.486. The molecule has 45 heavy (non-hydrogen) atoms. The molecule has 2 fully saturated rings. The Labute approximate surface area is 265 Å². The highest BCUT2D eigenvalue weighted by Gasteiger charge is 2.36. The fourth-order valence-electron chi connectivity index (χ4n) is 6.86. The van der Waals surface area contributed by atoms with Crippen molar-refractivity contribution in [3.05, 3.63) is 84.0 Å². The minimum absolute atomic E-state index is 0.0629. The number of carbonyl (C=O) groups excluding carboxylic acids is 1. The number of pyridine rings is 2. The minimum Gasteiger partial charge on any atom is -0.351 e. The molecule has 2 atom stereocenters. The van der Waals surface area contributed by atoms with Gasteiger partial charge in [-0.3, -0.25) is 9.78 Å². The number of benzene rings is 2. The van der Waals surface area contributed by atoms with E-state index in [1.807, 2.05) is 24.3 Å². The summed E-state index contributed by atoms with van der Waals surface area (Å²) < 4.78 is 19.0. The SMILES string of the molecule is [C-]#[N+]C[C@@H]1C[C@@H](n2cnc3c(N4CC(N(C)C)C4)nc4c(F)c(-c5cccc6cnccc56)c(Cl)cc4c32)CCN1C(=O)C=C. The Kier molecular flexibility index (Phi) is 7.38. The van der Waals surface area contributed by atoms with E-state index in [0.29, 0.717) is 53.3 Å². The summed E-state index contributed by atoms with van der Waals surface area (Å²) in [5.74, 6) is -0.0198. The first-order valence-electron chi connectivity index (χ1n) is 15.0. The van der Waals surface area contributed by atoms with Gasteiger partial charge in [0.05, 0.1) is 16.9 Å². The number of fused-ring (bicyclic) bond motifs is 4. The molecule has 0 N–H and O–H groups in total. The Morgan fingerprint density at radius 1 is 1.24 bits per heavy atom. The van der Waals surface area contributed by atoms with Crippen molar-refractivity contribution in [3.63, 3.8) is 0 Å². The summed E-state index contributed by atoms with van der Waals surface area (Å²) in [6, 6.07) is 9.39. The van der Waals surface area contributed by atoms with Crippen molar-refractivity contribution in [2.45, 2.75) is 31.0 Å². The van der Waals surface area contributed by atoms with Crippen LogP contribution >= 0.6 is 11.6 Å². The van der Waals surface area contributed by atoms with Crippen LogP contribution < -0.4 is 4.90 Å². The van der Waals surface area contributed by atoms with E-state index >= 15 is 4.39 Å². The van der Waals surface area contributed by atoms with Crippen molar-refractivity contribution >= 4 is 56.0 Å². The molecular weight excluding hydrogens is 591 g/mol. The number of hydrogen-bond donors (Lipinski definition) is 0. The number of anilines is 1. The maximum atomic E-state index is 17.0. The summed E-state index contributed by atoms with van der Waals surface area (Å²) in [7, 11) is 4.10. The zero-order valence-corrected chi connectivity index (χ0v) is 25.9. The first-order chi connectivity index (χ1) is 21.8. The number of likely N-dealkylation sites (tertiary alicyclic amines) is 1. The summed E-state index contributed by atoms with van der Waals surface area (Å²) in [4.78, 5) is 36.3. The lowest BCUT2D eigenvalue weighted by Crippen LogP contribution is -2.57. The molecule has 0 saturated carbocycles. The molecule has 2 aromatic carbocycles. The van der Waals surface area contributed by atoms with Crippen LogP contribution in [0.2, 0.25) is 5.02 Å². The van der Waals surface area contributed by atoms with Gasteiger partial charge in [0, 0.05) is 60.4 Å². The van der Waals surface area contributed by atoms with Crippen LogP contribution in [0.3, 0.4) is 0 Å². The number of aromatic nitrogens is 4. The highest BCUT2D eigenvalue weighted by molar-refractivity contribution is 6.35. The molecule has 0 unspecified atom stereocenters. The lowest BCUT2D eigenvalue weighted by Gasteiger charge is -2.43. The lowest BCUT2D eigenvalue weighted by molar-refractivity contribution is -0.129. The van der Waals surface area contributed by atoms with Crippen LogP contribution in [0.25, 0.3) is 48.7 Å². The first-order valence-corrected chi connectivity index (χ1v) is 15.4. The summed E-state index contributed by atoms with van der Waals surface area (Å²) >= 11 is 6.96. The van der Waals surface area contributed by atoms with E-state index in [0.717, 1.165) is 29.4 Å². The van der Waals surface area contributed by atoms with Crippen LogP contribution in [0, 0.1) is 12.4 Å². The monoisotopic (exact) mass is 622 g/mol. The number of imidazole rings is 1. The van der Waals surface area contributed by atoms with Crippen molar-refractivity contribution in [1.82, 2.24) is 29.3 Å². The van der Waals surface area contributed by atoms with Gasteiger partial charge in [0.2, 0.25) is 12.5 Å². The van der Waals surface area contributed by atoms with Crippen molar-refractivity contribution in [3.8, 4) is 11.1 Å². The van der Waals surface area contributed by atoms with Crippen molar-refractivity contribution in [1.29, 1.82) is 0 Å². The Hall–Kier alpha value is -4.59. The second-order valence-electron chi connectivity index (χ2n) is 12.1. The summed E-state index contributed by atoms with van der Waals surface area (Å²) in [5.41, 5.74) is 2.65. The number of carbonyl (C=O) groups is 1. The van der Waals surface area contributed by atoms with Gasteiger partial charge in [-0.2, -0.15) is 0 Å². The Morgan fingerprint density at radius 2 is 2.07 bits per heavy atom. The van der Waals surface area contributed by atoms with Gasteiger partial charge in [-0.15, -0.1) is 0 Å². The van der Waals surface area contributed by atoms with Crippen molar-refractivity contribution in [2.75, 3.05) is 45.2 Å². The lowest BCUT2D eigenvalue weighted by atomic mass is 9.95. The highest BCUT2D eigenvalue weighted by atomic mass is 35.5. The molecule has 7 rings (SSSR count). The molecule has 11 heteroatoms. The predicted molar refractivity (Wildman–Crippen MR) is 176 cm³/mol. The third-order valence-corrected chi connectivity index (χ3v) is 9.65.